The van der Waals surface area contributed by atoms with Crippen LogP contribution in [-0.4, -0.2) is 59.0 Å². The van der Waals surface area contributed by atoms with Gasteiger partial charge in [0.1, 0.15) is 29.6 Å². The Kier molecular flexibility index (Phi) is 5.62. The number of hydrogen-bond acceptors (Lipinski definition) is 6. The van der Waals surface area contributed by atoms with Crippen molar-refractivity contribution in [1.29, 1.82) is 0 Å². The fraction of sp³-hybridized carbons (Fsp3) is 0.500. The summed E-state index contributed by atoms with van der Waals surface area (Å²) < 4.78 is 18.0. The Balaban J connectivity index is 1.64. The van der Waals surface area contributed by atoms with Gasteiger partial charge in [0.2, 0.25) is 0 Å². The van der Waals surface area contributed by atoms with Gasteiger partial charge in [0, 0.05) is 23.4 Å². The van der Waals surface area contributed by atoms with Crippen molar-refractivity contribution in [1.82, 2.24) is 14.9 Å². The highest BCUT2D eigenvalue weighted by Gasteiger charge is 2.28. The molecule has 1 aromatic carbocycles. The first-order valence-corrected chi connectivity index (χ1v) is 9.24. The number of hydrogen-bond donors (Lipinski definition) is 0. The molecule has 1 amide bonds. The number of carbonyl (C=O) groups excluding carboxylic acids is 1. The van der Waals surface area contributed by atoms with Crippen molar-refractivity contribution in [3.63, 3.8) is 0 Å². The number of fused-ring (bicyclic) bond motifs is 1. The molecular formula is C18H22BrN3O4. The van der Waals surface area contributed by atoms with Gasteiger partial charge in [-0.1, -0.05) is 15.9 Å². The largest absolute Gasteiger partial charge is 0.488 e. The number of amides is 1. The molecule has 1 atom stereocenters. The third kappa shape index (κ3) is 4.82. The fourth-order valence-electron chi connectivity index (χ4n) is 2.62. The molecule has 2 heterocycles. The SMILES string of the molecule is CC(C)(C)OC(=O)N1CCO[C@H](COc2cc(Br)cc3nccnc23)C1. The quantitative estimate of drug-likeness (QED) is 0.752. The summed E-state index contributed by atoms with van der Waals surface area (Å²) in [4.78, 5) is 22.5. The van der Waals surface area contributed by atoms with Crippen LogP contribution in [0, 0.1) is 0 Å². The van der Waals surface area contributed by atoms with Crippen LogP contribution in [0.15, 0.2) is 29.0 Å². The normalized spacial score (nSPS) is 18.0. The highest BCUT2D eigenvalue weighted by atomic mass is 79.9. The number of rotatable bonds is 3. The molecule has 1 aliphatic rings. The second-order valence-electron chi connectivity index (χ2n) is 7.06. The maximum Gasteiger partial charge on any atom is 0.410 e. The molecule has 140 valence electrons. The number of carbonyl (C=O) groups is 1. The number of ether oxygens (including phenoxy) is 3. The van der Waals surface area contributed by atoms with Gasteiger partial charge in [-0.3, -0.25) is 4.98 Å². The van der Waals surface area contributed by atoms with Crippen LogP contribution in [-0.2, 0) is 9.47 Å². The first kappa shape index (κ1) is 18.8. The Hall–Kier alpha value is -1.93. The van der Waals surface area contributed by atoms with Crippen LogP contribution in [0.2, 0.25) is 0 Å². The molecule has 7 nitrogen and oxygen atoms in total. The minimum Gasteiger partial charge on any atom is -0.488 e. The lowest BCUT2D eigenvalue weighted by Gasteiger charge is -2.34. The highest BCUT2D eigenvalue weighted by molar-refractivity contribution is 9.10. The Morgan fingerprint density at radius 1 is 1.35 bits per heavy atom. The first-order chi connectivity index (χ1) is 12.3. The van der Waals surface area contributed by atoms with Crippen molar-refractivity contribution in [2.45, 2.75) is 32.5 Å². The predicted octanol–water partition coefficient (Wildman–Crippen LogP) is 3.41. The zero-order chi connectivity index (χ0) is 18.7. The maximum atomic E-state index is 12.2. The van der Waals surface area contributed by atoms with Crippen LogP contribution in [0.5, 0.6) is 5.75 Å². The molecule has 26 heavy (non-hydrogen) atoms. The lowest BCUT2D eigenvalue weighted by atomic mass is 10.2. The molecule has 1 aliphatic heterocycles. The molecule has 8 heteroatoms. The molecule has 0 aliphatic carbocycles. The Morgan fingerprint density at radius 2 is 2.12 bits per heavy atom. The number of benzene rings is 1. The molecule has 0 saturated carbocycles. The van der Waals surface area contributed by atoms with E-state index in [2.05, 4.69) is 25.9 Å². The third-order valence-electron chi connectivity index (χ3n) is 3.72. The van der Waals surface area contributed by atoms with Crippen LogP contribution in [0.1, 0.15) is 20.8 Å². The lowest BCUT2D eigenvalue weighted by molar-refractivity contribution is -0.0555. The average molecular weight is 424 g/mol. The summed E-state index contributed by atoms with van der Waals surface area (Å²) in [7, 11) is 0. The Bertz CT molecular complexity index is 794. The fourth-order valence-corrected chi connectivity index (χ4v) is 3.04. The average Bonchev–Trinajstić information content (AvgIpc) is 2.58. The van der Waals surface area contributed by atoms with Crippen molar-refractivity contribution < 1.29 is 19.0 Å². The molecule has 1 aromatic heterocycles. The topological polar surface area (TPSA) is 73.8 Å². The molecule has 0 radical (unpaired) electrons. The zero-order valence-corrected chi connectivity index (χ0v) is 16.7. The second-order valence-corrected chi connectivity index (χ2v) is 7.97. The van der Waals surface area contributed by atoms with Gasteiger partial charge in [0.05, 0.1) is 18.7 Å². The van der Waals surface area contributed by atoms with Gasteiger partial charge in [-0.2, -0.15) is 0 Å². The third-order valence-corrected chi connectivity index (χ3v) is 4.18. The minimum absolute atomic E-state index is 0.234. The molecule has 2 aromatic rings. The van der Waals surface area contributed by atoms with Crippen molar-refractivity contribution >= 4 is 33.1 Å². The predicted molar refractivity (Wildman–Crippen MR) is 100 cm³/mol. The molecule has 1 saturated heterocycles. The summed E-state index contributed by atoms with van der Waals surface area (Å²) in [6, 6.07) is 3.74. The van der Waals surface area contributed by atoms with Gasteiger partial charge >= 0.3 is 6.09 Å². The van der Waals surface area contributed by atoms with E-state index in [0.29, 0.717) is 37.6 Å². The van der Waals surface area contributed by atoms with Crippen LogP contribution in [0.3, 0.4) is 0 Å². The molecule has 0 spiro atoms. The van der Waals surface area contributed by atoms with Crippen molar-refractivity contribution in [2.75, 3.05) is 26.3 Å². The second kappa shape index (κ2) is 7.75. The van der Waals surface area contributed by atoms with Gasteiger partial charge in [-0.25, -0.2) is 9.78 Å². The number of nitrogens with zero attached hydrogens (tertiary/aromatic N) is 3. The van der Waals surface area contributed by atoms with Gasteiger partial charge < -0.3 is 19.1 Å². The first-order valence-electron chi connectivity index (χ1n) is 8.44. The van der Waals surface area contributed by atoms with E-state index in [1.165, 1.54) is 0 Å². The summed E-state index contributed by atoms with van der Waals surface area (Å²) in [5, 5.41) is 0. The van der Waals surface area contributed by atoms with Crippen molar-refractivity contribution in [3.05, 3.63) is 29.0 Å². The summed E-state index contributed by atoms with van der Waals surface area (Å²) >= 11 is 3.46. The van der Waals surface area contributed by atoms with Gasteiger partial charge in [-0.05, 0) is 32.9 Å². The molecule has 0 bridgehead atoms. The monoisotopic (exact) mass is 423 g/mol. The van der Waals surface area contributed by atoms with E-state index < -0.39 is 5.60 Å². The van der Waals surface area contributed by atoms with E-state index in [4.69, 9.17) is 14.2 Å². The maximum absolute atomic E-state index is 12.2. The van der Waals surface area contributed by atoms with Crippen LogP contribution < -0.4 is 4.74 Å². The molecule has 3 rings (SSSR count). The zero-order valence-electron chi connectivity index (χ0n) is 15.1. The Labute approximate surface area is 160 Å². The molecule has 1 fully saturated rings. The van der Waals surface area contributed by atoms with Crippen molar-refractivity contribution in [3.8, 4) is 5.75 Å². The number of halogens is 1. The minimum atomic E-state index is -0.519. The van der Waals surface area contributed by atoms with Gasteiger partial charge in [0.15, 0.2) is 0 Å². The summed E-state index contributed by atoms with van der Waals surface area (Å²) in [5.41, 5.74) is 0.919. The van der Waals surface area contributed by atoms with E-state index in [-0.39, 0.29) is 12.2 Å². The van der Waals surface area contributed by atoms with Crippen LogP contribution in [0.25, 0.3) is 11.0 Å². The van der Waals surface area contributed by atoms with Gasteiger partial charge in [-0.15, -0.1) is 0 Å². The smallest absolute Gasteiger partial charge is 0.410 e. The number of morpholine rings is 1. The van der Waals surface area contributed by atoms with E-state index in [1.54, 1.807) is 17.3 Å². The van der Waals surface area contributed by atoms with Gasteiger partial charge in [0.25, 0.3) is 0 Å². The van der Waals surface area contributed by atoms with E-state index in [0.717, 1.165) is 9.99 Å². The Morgan fingerprint density at radius 3 is 2.88 bits per heavy atom. The van der Waals surface area contributed by atoms with E-state index >= 15 is 0 Å². The summed E-state index contributed by atoms with van der Waals surface area (Å²) in [5.74, 6) is 0.625. The molecule has 0 N–H and O–H groups in total. The van der Waals surface area contributed by atoms with E-state index in [9.17, 15) is 4.79 Å². The van der Waals surface area contributed by atoms with Crippen LogP contribution in [0.4, 0.5) is 4.79 Å². The lowest BCUT2D eigenvalue weighted by Crippen LogP contribution is -2.49. The highest BCUT2D eigenvalue weighted by Crippen LogP contribution is 2.27. The van der Waals surface area contributed by atoms with Crippen LogP contribution >= 0.6 is 15.9 Å². The molecular weight excluding hydrogens is 402 g/mol. The number of aromatic nitrogens is 2. The van der Waals surface area contributed by atoms with Crippen molar-refractivity contribution in [2.24, 2.45) is 0 Å². The summed E-state index contributed by atoms with van der Waals surface area (Å²) in [6.45, 7) is 7.25. The standard InChI is InChI=1S/C18H22BrN3O4/c1-18(2,3)26-17(23)22-6-7-24-13(10-22)11-25-15-9-12(19)8-14-16(15)21-5-4-20-14/h4-5,8-9,13H,6-7,10-11H2,1-3H3/t13-/m0/s1. The van der Waals surface area contributed by atoms with E-state index in [1.807, 2.05) is 32.9 Å². The summed E-state index contributed by atoms with van der Waals surface area (Å²) in [6.07, 6.45) is 2.71. The molecule has 0 unspecified atom stereocenters.